The van der Waals surface area contributed by atoms with Gasteiger partial charge in [-0.1, -0.05) is 55.5 Å². The van der Waals surface area contributed by atoms with Crippen LogP contribution in [0.15, 0.2) is 54.6 Å². The van der Waals surface area contributed by atoms with Gasteiger partial charge in [0.2, 0.25) is 0 Å². The highest BCUT2D eigenvalue weighted by Gasteiger charge is 2.32. The Kier molecular flexibility index (Phi) is 5.63. The van der Waals surface area contributed by atoms with E-state index < -0.39 is 0 Å². The Bertz CT molecular complexity index is 599. The van der Waals surface area contributed by atoms with Crippen LogP contribution in [0.3, 0.4) is 0 Å². The van der Waals surface area contributed by atoms with E-state index in [0.29, 0.717) is 5.41 Å². The monoisotopic (exact) mass is 316 g/mol. The molecule has 1 aliphatic rings. The first-order chi connectivity index (χ1) is 10.2. The van der Waals surface area contributed by atoms with Gasteiger partial charge in [0.25, 0.3) is 0 Å². The van der Waals surface area contributed by atoms with Crippen molar-refractivity contribution < 1.29 is 0 Å². The van der Waals surface area contributed by atoms with Gasteiger partial charge in [0.15, 0.2) is 0 Å². The van der Waals surface area contributed by atoms with Crippen LogP contribution < -0.4 is 5.73 Å². The molecule has 118 valence electrons. The second-order valence-electron chi connectivity index (χ2n) is 6.54. The minimum atomic E-state index is 0. The summed E-state index contributed by atoms with van der Waals surface area (Å²) in [6.07, 6.45) is 1.21. The summed E-state index contributed by atoms with van der Waals surface area (Å²) in [6, 6.07) is 19.5. The summed E-state index contributed by atoms with van der Waals surface area (Å²) < 4.78 is 0. The highest BCUT2D eigenvalue weighted by molar-refractivity contribution is 5.85. The van der Waals surface area contributed by atoms with E-state index in [-0.39, 0.29) is 12.4 Å². The molecule has 0 radical (unpaired) electrons. The molecular weight excluding hydrogens is 292 g/mol. The number of halogens is 1. The molecule has 2 N–H and O–H groups in total. The Labute approximate surface area is 139 Å². The fourth-order valence-corrected chi connectivity index (χ4v) is 3.17. The Hall–Kier alpha value is -1.35. The zero-order chi connectivity index (χ0) is 14.7. The number of nitrogens with two attached hydrogens (primary N) is 1. The van der Waals surface area contributed by atoms with Crippen LogP contribution in [0.25, 0.3) is 11.1 Å². The van der Waals surface area contributed by atoms with Gasteiger partial charge in [0, 0.05) is 13.1 Å². The van der Waals surface area contributed by atoms with Gasteiger partial charge in [-0.05, 0) is 47.7 Å². The summed E-state index contributed by atoms with van der Waals surface area (Å²) in [4.78, 5) is 2.52. The van der Waals surface area contributed by atoms with Crippen molar-refractivity contribution in [2.24, 2.45) is 11.1 Å². The van der Waals surface area contributed by atoms with Crippen LogP contribution in [0.4, 0.5) is 0 Å². The topological polar surface area (TPSA) is 29.3 Å². The first-order valence-corrected chi connectivity index (χ1v) is 7.75. The molecule has 1 unspecified atom stereocenters. The normalized spacial score (nSPS) is 21.5. The molecule has 0 saturated carbocycles. The SMILES string of the molecule is CC1(CN)CCN(Cc2cccc(-c3ccccc3)c2)C1.Cl. The maximum atomic E-state index is 5.90. The van der Waals surface area contributed by atoms with Crippen LogP contribution in [0, 0.1) is 5.41 Å². The lowest BCUT2D eigenvalue weighted by molar-refractivity contribution is 0.274. The van der Waals surface area contributed by atoms with Crippen molar-refractivity contribution in [1.29, 1.82) is 0 Å². The summed E-state index contributed by atoms with van der Waals surface area (Å²) in [7, 11) is 0. The highest BCUT2D eigenvalue weighted by Crippen LogP contribution is 2.30. The third kappa shape index (κ3) is 3.89. The number of nitrogens with zero attached hydrogens (tertiary/aromatic N) is 1. The fraction of sp³-hybridized carbons (Fsp3) is 0.368. The summed E-state index contributed by atoms with van der Waals surface area (Å²) in [6.45, 7) is 6.37. The van der Waals surface area contributed by atoms with E-state index in [4.69, 9.17) is 5.73 Å². The predicted molar refractivity (Wildman–Crippen MR) is 96.2 cm³/mol. The number of hydrogen-bond donors (Lipinski definition) is 1. The van der Waals surface area contributed by atoms with E-state index >= 15 is 0 Å². The van der Waals surface area contributed by atoms with Gasteiger partial charge in [0.05, 0.1) is 0 Å². The molecule has 2 aromatic carbocycles. The molecule has 0 spiro atoms. The molecule has 1 fully saturated rings. The molecule has 1 saturated heterocycles. The predicted octanol–water partition coefficient (Wildman–Crippen LogP) is 3.95. The summed E-state index contributed by atoms with van der Waals surface area (Å²) in [5.41, 5.74) is 10.2. The lowest BCUT2D eigenvalue weighted by Crippen LogP contribution is -2.31. The van der Waals surface area contributed by atoms with E-state index in [0.717, 1.165) is 26.2 Å². The van der Waals surface area contributed by atoms with E-state index in [1.54, 1.807) is 0 Å². The number of benzene rings is 2. The number of rotatable bonds is 4. The van der Waals surface area contributed by atoms with Crippen LogP contribution in [0.1, 0.15) is 18.9 Å². The van der Waals surface area contributed by atoms with E-state index in [9.17, 15) is 0 Å². The standard InChI is InChI=1S/C19H24N2.ClH/c1-19(14-20)10-11-21(15-19)13-16-6-5-9-18(12-16)17-7-3-2-4-8-17;/h2-9,12H,10-11,13-15,20H2,1H3;1H. The van der Waals surface area contributed by atoms with Crippen LogP contribution in [0.2, 0.25) is 0 Å². The quantitative estimate of drug-likeness (QED) is 0.925. The maximum Gasteiger partial charge on any atom is 0.0234 e. The molecule has 0 bridgehead atoms. The van der Waals surface area contributed by atoms with Crippen LogP contribution >= 0.6 is 12.4 Å². The highest BCUT2D eigenvalue weighted by atomic mass is 35.5. The number of hydrogen-bond acceptors (Lipinski definition) is 2. The van der Waals surface area contributed by atoms with Crippen LogP contribution in [-0.2, 0) is 6.54 Å². The largest absolute Gasteiger partial charge is 0.330 e. The van der Waals surface area contributed by atoms with Gasteiger partial charge >= 0.3 is 0 Å². The third-order valence-electron chi connectivity index (χ3n) is 4.57. The lowest BCUT2D eigenvalue weighted by Gasteiger charge is -2.22. The first kappa shape index (κ1) is 17.0. The zero-order valence-electron chi connectivity index (χ0n) is 13.2. The lowest BCUT2D eigenvalue weighted by atomic mass is 9.90. The molecule has 2 aromatic rings. The second-order valence-corrected chi connectivity index (χ2v) is 6.54. The molecule has 22 heavy (non-hydrogen) atoms. The Morgan fingerprint density at radius 2 is 1.77 bits per heavy atom. The van der Waals surface area contributed by atoms with Gasteiger partial charge in [0.1, 0.15) is 0 Å². The first-order valence-electron chi connectivity index (χ1n) is 7.75. The second kappa shape index (κ2) is 7.28. The van der Waals surface area contributed by atoms with Gasteiger partial charge < -0.3 is 5.73 Å². The van der Waals surface area contributed by atoms with Crippen molar-refractivity contribution in [3.63, 3.8) is 0 Å². The van der Waals surface area contributed by atoms with Crippen LogP contribution in [0.5, 0.6) is 0 Å². The summed E-state index contributed by atoms with van der Waals surface area (Å²) in [5, 5.41) is 0. The van der Waals surface area contributed by atoms with Crippen molar-refractivity contribution in [3.05, 3.63) is 60.2 Å². The van der Waals surface area contributed by atoms with Crippen LogP contribution in [-0.4, -0.2) is 24.5 Å². The fourth-order valence-electron chi connectivity index (χ4n) is 3.17. The molecule has 2 nitrogen and oxygen atoms in total. The minimum Gasteiger partial charge on any atom is -0.330 e. The Morgan fingerprint density at radius 3 is 2.45 bits per heavy atom. The molecule has 0 aliphatic carbocycles. The van der Waals surface area contributed by atoms with Crippen molar-refractivity contribution in [3.8, 4) is 11.1 Å². The smallest absolute Gasteiger partial charge is 0.0234 e. The van der Waals surface area contributed by atoms with E-state index in [2.05, 4.69) is 66.4 Å². The van der Waals surface area contributed by atoms with E-state index in [1.165, 1.54) is 23.1 Å². The molecule has 1 heterocycles. The van der Waals surface area contributed by atoms with Gasteiger partial charge in [-0.2, -0.15) is 0 Å². The van der Waals surface area contributed by atoms with Crippen molar-refractivity contribution >= 4 is 12.4 Å². The Balaban J connectivity index is 0.00000176. The molecule has 3 heteroatoms. The molecule has 0 aromatic heterocycles. The average Bonchev–Trinajstić information content (AvgIpc) is 2.90. The van der Waals surface area contributed by atoms with Gasteiger partial charge in [-0.15, -0.1) is 12.4 Å². The maximum absolute atomic E-state index is 5.90. The molecule has 1 atom stereocenters. The average molecular weight is 317 g/mol. The van der Waals surface area contributed by atoms with Crippen molar-refractivity contribution in [1.82, 2.24) is 4.90 Å². The number of likely N-dealkylation sites (tertiary alicyclic amines) is 1. The molecular formula is C19H25ClN2. The molecule has 1 aliphatic heterocycles. The van der Waals surface area contributed by atoms with Gasteiger partial charge in [-0.25, -0.2) is 0 Å². The Morgan fingerprint density at radius 1 is 1.05 bits per heavy atom. The van der Waals surface area contributed by atoms with Gasteiger partial charge in [-0.3, -0.25) is 4.90 Å². The molecule has 0 amide bonds. The van der Waals surface area contributed by atoms with Crippen molar-refractivity contribution in [2.75, 3.05) is 19.6 Å². The van der Waals surface area contributed by atoms with Crippen molar-refractivity contribution in [2.45, 2.75) is 19.9 Å². The molecule has 3 rings (SSSR count). The third-order valence-corrected chi connectivity index (χ3v) is 4.57. The van der Waals surface area contributed by atoms with E-state index in [1.807, 2.05) is 0 Å². The minimum absolute atomic E-state index is 0. The zero-order valence-corrected chi connectivity index (χ0v) is 14.0. The summed E-state index contributed by atoms with van der Waals surface area (Å²) in [5.74, 6) is 0. The summed E-state index contributed by atoms with van der Waals surface area (Å²) >= 11 is 0.